The van der Waals surface area contributed by atoms with Gasteiger partial charge in [-0.3, -0.25) is 0 Å². The average molecular weight is 466 g/mol. The van der Waals surface area contributed by atoms with Crippen LogP contribution in [0.5, 0.6) is 5.75 Å². The molecule has 2 N–H and O–H groups in total. The molecule has 1 aliphatic heterocycles. The normalized spacial score (nSPS) is 15.6. The maximum atomic E-state index is 12.2. The second-order valence-corrected chi connectivity index (χ2v) is 7.62. The number of nitrogens with two attached hydrogens (primary N) is 1. The molecule has 0 bridgehead atoms. The van der Waals surface area contributed by atoms with Gasteiger partial charge in [-0.25, -0.2) is 14.6 Å². The topological polar surface area (TPSA) is 88.1 Å². The van der Waals surface area contributed by atoms with Gasteiger partial charge < -0.3 is 15.2 Å². The minimum atomic E-state index is -2.93. The lowest BCUT2D eigenvalue weighted by Gasteiger charge is -2.23. The first-order valence-corrected chi connectivity index (χ1v) is 10.9. The molecular weight excluding hydrogens is 440 g/mol. The molecule has 2 aromatic carbocycles. The van der Waals surface area contributed by atoms with Gasteiger partial charge in [0.25, 0.3) is 0 Å². The molecule has 1 saturated heterocycles. The van der Waals surface area contributed by atoms with Gasteiger partial charge in [0.05, 0.1) is 17.9 Å². The lowest BCUT2D eigenvalue weighted by molar-refractivity contribution is -0.0498. The molecular formula is C25H25F2N5O2. The van der Waals surface area contributed by atoms with Crippen molar-refractivity contribution in [1.29, 1.82) is 0 Å². The predicted molar refractivity (Wildman–Crippen MR) is 127 cm³/mol. The highest BCUT2D eigenvalue weighted by molar-refractivity contribution is 5.81. The fraction of sp³-hybridized carbons (Fsp3) is 0.240. The van der Waals surface area contributed by atoms with Gasteiger partial charge in [-0.2, -0.15) is 13.9 Å². The van der Waals surface area contributed by atoms with Crippen LogP contribution in [0.25, 0.3) is 28.2 Å². The van der Waals surface area contributed by atoms with Gasteiger partial charge in [-0.05, 0) is 37.0 Å². The third-order valence-corrected chi connectivity index (χ3v) is 5.32. The van der Waals surface area contributed by atoms with Gasteiger partial charge in [-0.15, -0.1) is 0 Å². The third kappa shape index (κ3) is 5.55. The van der Waals surface area contributed by atoms with Crippen molar-refractivity contribution in [3.63, 3.8) is 0 Å². The number of hydrogen-bond acceptors (Lipinski definition) is 6. The molecule has 2 aromatic heterocycles. The SMILES string of the molecule is C=Cc1ccc2c(cnn2C2CCCCO2)c1.Nc1ncc(OC(F)F)c(-c2ccccc2)n1. The second-order valence-electron chi connectivity index (χ2n) is 7.62. The van der Waals surface area contributed by atoms with E-state index in [2.05, 4.69) is 44.6 Å². The Kier molecular flexibility index (Phi) is 7.44. The molecule has 0 spiro atoms. The second kappa shape index (κ2) is 10.8. The molecule has 5 rings (SSSR count). The van der Waals surface area contributed by atoms with Crippen molar-refractivity contribution in [2.24, 2.45) is 0 Å². The average Bonchev–Trinajstić information content (AvgIpc) is 3.29. The van der Waals surface area contributed by atoms with E-state index in [1.54, 1.807) is 24.3 Å². The zero-order valence-corrected chi connectivity index (χ0v) is 18.5. The number of alkyl halides is 2. The van der Waals surface area contributed by atoms with Crippen molar-refractivity contribution in [1.82, 2.24) is 19.7 Å². The van der Waals surface area contributed by atoms with Gasteiger partial charge in [0.2, 0.25) is 5.95 Å². The molecule has 4 aromatic rings. The van der Waals surface area contributed by atoms with E-state index in [1.165, 1.54) is 6.42 Å². The van der Waals surface area contributed by atoms with Crippen LogP contribution in [0.15, 0.2) is 67.5 Å². The molecule has 3 heterocycles. The number of ether oxygens (including phenoxy) is 2. The van der Waals surface area contributed by atoms with Gasteiger partial charge in [0.1, 0.15) is 5.69 Å². The van der Waals surface area contributed by atoms with E-state index in [0.717, 1.165) is 42.1 Å². The van der Waals surface area contributed by atoms with Gasteiger partial charge in [-0.1, -0.05) is 49.1 Å². The summed E-state index contributed by atoms with van der Waals surface area (Å²) in [5.74, 6) is -0.0918. The van der Waals surface area contributed by atoms with Crippen LogP contribution in [-0.2, 0) is 4.74 Å². The molecule has 34 heavy (non-hydrogen) atoms. The summed E-state index contributed by atoms with van der Waals surface area (Å²) in [6.45, 7) is 1.70. The first kappa shape index (κ1) is 23.3. The Morgan fingerprint density at radius 1 is 1.15 bits per heavy atom. The summed E-state index contributed by atoms with van der Waals surface area (Å²) in [7, 11) is 0. The zero-order valence-electron chi connectivity index (χ0n) is 18.5. The van der Waals surface area contributed by atoms with Crippen LogP contribution >= 0.6 is 0 Å². The highest BCUT2D eigenvalue weighted by atomic mass is 19.3. The fourth-order valence-electron chi connectivity index (χ4n) is 3.71. The minimum Gasteiger partial charge on any atom is -0.431 e. The van der Waals surface area contributed by atoms with E-state index in [-0.39, 0.29) is 23.6 Å². The quantitative estimate of drug-likeness (QED) is 0.406. The highest BCUT2D eigenvalue weighted by Gasteiger charge is 2.18. The highest BCUT2D eigenvalue weighted by Crippen LogP contribution is 2.29. The summed E-state index contributed by atoms with van der Waals surface area (Å²) in [6, 6.07) is 15.0. The summed E-state index contributed by atoms with van der Waals surface area (Å²) in [4.78, 5) is 7.53. The number of rotatable bonds is 5. The minimum absolute atomic E-state index is 0.00506. The van der Waals surface area contributed by atoms with Crippen LogP contribution in [0.1, 0.15) is 31.1 Å². The number of anilines is 1. The maximum absolute atomic E-state index is 12.2. The summed E-state index contributed by atoms with van der Waals surface area (Å²) in [5, 5.41) is 5.60. The molecule has 0 aliphatic carbocycles. The smallest absolute Gasteiger partial charge is 0.387 e. The van der Waals surface area contributed by atoms with Crippen LogP contribution in [-0.4, -0.2) is 33.0 Å². The molecule has 0 radical (unpaired) electrons. The Bertz CT molecular complexity index is 1240. The first-order chi connectivity index (χ1) is 16.5. The number of hydrogen-bond donors (Lipinski definition) is 1. The lowest BCUT2D eigenvalue weighted by atomic mass is 10.1. The fourth-order valence-corrected chi connectivity index (χ4v) is 3.71. The zero-order chi connectivity index (χ0) is 23.9. The third-order valence-electron chi connectivity index (χ3n) is 5.32. The molecule has 0 saturated carbocycles. The Morgan fingerprint density at radius 2 is 1.97 bits per heavy atom. The Morgan fingerprint density at radius 3 is 2.68 bits per heavy atom. The standard InChI is InChI=1S/C14H16N2O.C11H9F2N3O/c1-2-11-6-7-13-12(9-11)10-15-16(13)14-5-3-4-8-17-14;12-10(13)17-8-6-15-11(14)16-9(8)7-4-2-1-3-5-7/h2,6-7,9-10,14H,1,3-5,8H2;1-6,10H,(H2,14,15,16). The number of nitrogens with zero attached hydrogens (tertiary/aromatic N) is 4. The van der Waals surface area contributed by atoms with E-state index >= 15 is 0 Å². The number of fused-ring (bicyclic) bond motifs is 1. The summed E-state index contributed by atoms with van der Waals surface area (Å²) in [6.07, 6.45) is 8.44. The van der Waals surface area contributed by atoms with Crippen LogP contribution in [0, 0.1) is 0 Å². The summed E-state index contributed by atoms with van der Waals surface area (Å²) >= 11 is 0. The van der Waals surface area contributed by atoms with Crippen LogP contribution in [0.4, 0.5) is 14.7 Å². The van der Waals surface area contributed by atoms with E-state index < -0.39 is 6.61 Å². The van der Waals surface area contributed by atoms with E-state index in [1.807, 2.05) is 23.0 Å². The van der Waals surface area contributed by atoms with Crippen molar-refractivity contribution >= 4 is 22.9 Å². The number of benzene rings is 2. The monoisotopic (exact) mass is 465 g/mol. The van der Waals surface area contributed by atoms with Crippen molar-refractivity contribution in [3.05, 3.63) is 73.1 Å². The summed E-state index contributed by atoms with van der Waals surface area (Å²) in [5.41, 5.74) is 8.58. The van der Waals surface area contributed by atoms with Crippen LogP contribution in [0.2, 0.25) is 0 Å². The molecule has 0 amide bonds. The Labute approximate surface area is 195 Å². The van der Waals surface area contributed by atoms with Crippen molar-refractivity contribution < 1.29 is 18.3 Å². The molecule has 176 valence electrons. The molecule has 1 atom stereocenters. The van der Waals surface area contributed by atoms with Crippen LogP contribution in [0.3, 0.4) is 0 Å². The number of nitrogen functional groups attached to an aromatic ring is 1. The summed E-state index contributed by atoms with van der Waals surface area (Å²) < 4.78 is 36.5. The number of halogens is 2. The van der Waals surface area contributed by atoms with Gasteiger partial charge in [0.15, 0.2) is 12.0 Å². The van der Waals surface area contributed by atoms with Gasteiger partial charge in [0, 0.05) is 17.6 Å². The molecule has 1 unspecified atom stereocenters. The lowest BCUT2D eigenvalue weighted by Crippen LogP contribution is -2.18. The van der Waals surface area contributed by atoms with Crippen molar-refractivity contribution in [2.45, 2.75) is 32.1 Å². The van der Waals surface area contributed by atoms with E-state index in [9.17, 15) is 8.78 Å². The van der Waals surface area contributed by atoms with Crippen LogP contribution < -0.4 is 10.5 Å². The van der Waals surface area contributed by atoms with E-state index in [4.69, 9.17) is 10.5 Å². The Hall–Kier alpha value is -3.85. The predicted octanol–water partition coefficient (Wildman–Crippen LogP) is 5.71. The molecule has 7 nitrogen and oxygen atoms in total. The molecule has 1 fully saturated rings. The van der Waals surface area contributed by atoms with Gasteiger partial charge >= 0.3 is 6.61 Å². The Balaban J connectivity index is 0.000000161. The van der Waals surface area contributed by atoms with Crippen molar-refractivity contribution in [3.8, 4) is 17.0 Å². The number of aromatic nitrogens is 4. The largest absolute Gasteiger partial charge is 0.431 e. The molecule has 1 aliphatic rings. The maximum Gasteiger partial charge on any atom is 0.387 e. The van der Waals surface area contributed by atoms with Crippen molar-refractivity contribution in [2.75, 3.05) is 12.3 Å². The van der Waals surface area contributed by atoms with E-state index in [0.29, 0.717) is 5.56 Å². The first-order valence-electron chi connectivity index (χ1n) is 10.9. The molecule has 9 heteroatoms.